The smallest absolute Gasteiger partial charge is 0.261 e. The van der Waals surface area contributed by atoms with E-state index in [0.717, 1.165) is 5.56 Å². The van der Waals surface area contributed by atoms with Gasteiger partial charge in [0.05, 0.1) is 24.6 Å². The molecule has 0 saturated carbocycles. The van der Waals surface area contributed by atoms with Gasteiger partial charge in [-0.15, -0.1) is 0 Å². The molecule has 130 valence electrons. The fourth-order valence-electron chi connectivity index (χ4n) is 2.80. The van der Waals surface area contributed by atoms with Crippen LogP contribution in [0.1, 0.15) is 11.6 Å². The van der Waals surface area contributed by atoms with Crippen molar-refractivity contribution in [1.29, 1.82) is 0 Å². The molecule has 0 atom stereocenters. The van der Waals surface area contributed by atoms with Crippen molar-refractivity contribution in [3.8, 4) is 17.2 Å². The highest BCUT2D eigenvalue weighted by atomic mass is 16.5. The van der Waals surface area contributed by atoms with E-state index in [9.17, 15) is 4.79 Å². The van der Waals surface area contributed by atoms with Crippen molar-refractivity contribution in [3.05, 3.63) is 70.5 Å². The molecule has 0 fully saturated rings. The molecule has 2 aromatic carbocycles. The van der Waals surface area contributed by atoms with Gasteiger partial charge in [0.15, 0.2) is 5.82 Å². The van der Waals surface area contributed by atoms with E-state index in [1.54, 1.807) is 24.7 Å². The number of methoxy groups -OCH3 is 1. The number of hydrogen-bond acceptors (Lipinski definition) is 6. The number of fused-ring (bicyclic) bond motifs is 1. The normalized spacial score (nSPS) is 11.0. The lowest BCUT2D eigenvalue weighted by Gasteiger charge is -2.08. The first-order valence-electron chi connectivity index (χ1n) is 8.09. The number of ether oxygens (including phenoxy) is 1. The molecule has 26 heavy (non-hydrogen) atoms. The van der Waals surface area contributed by atoms with E-state index in [1.807, 2.05) is 42.5 Å². The highest BCUT2D eigenvalue weighted by Crippen LogP contribution is 2.22. The fourth-order valence-corrected chi connectivity index (χ4v) is 2.80. The van der Waals surface area contributed by atoms with Crippen molar-refractivity contribution in [1.82, 2.24) is 19.7 Å². The van der Waals surface area contributed by atoms with Crippen LogP contribution in [0.4, 0.5) is 0 Å². The lowest BCUT2D eigenvalue weighted by Crippen LogP contribution is -2.24. The van der Waals surface area contributed by atoms with Gasteiger partial charge in [-0.25, -0.2) is 4.98 Å². The van der Waals surface area contributed by atoms with E-state index in [1.165, 1.54) is 0 Å². The summed E-state index contributed by atoms with van der Waals surface area (Å²) in [5.41, 5.74) is 1.31. The fraction of sp³-hybridized carbons (Fsp3) is 0.158. The van der Waals surface area contributed by atoms with Gasteiger partial charge in [0, 0.05) is 5.56 Å². The maximum atomic E-state index is 12.7. The van der Waals surface area contributed by atoms with Crippen LogP contribution in [0.2, 0.25) is 0 Å². The van der Waals surface area contributed by atoms with Crippen LogP contribution in [0, 0.1) is 6.92 Å². The van der Waals surface area contributed by atoms with Crippen molar-refractivity contribution in [2.75, 3.05) is 7.11 Å². The quantitative estimate of drug-likeness (QED) is 0.564. The average molecular weight is 348 g/mol. The predicted octanol–water partition coefficient (Wildman–Crippen LogP) is 2.81. The van der Waals surface area contributed by atoms with Crippen molar-refractivity contribution >= 4 is 10.9 Å². The second-order valence-corrected chi connectivity index (χ2v) is 5.82. The van der Waals surface area contributed by atoms with Crippen molar-refractivity contribution in [2.24, 2.45) is 0 Å². The third-order valence-electron chi connectivity index (χ3n) is 4.14. The van der Waals surface area contributed by atoms with Crippen molar-refractivity contribution in [3.63, 3.8) is 0 Å². The monoisotopic (exact) mass is 348 g/mol. The SMILES string of the molecule is COc1cccc(-c2nc(Cn3c(C)nc4ccccc4c3=O)no2)c1. The van der Waals surface area contributed by atoms with Gasteiger partial charge in [-0.3, -0.25) is 9.36 Å². The first-order valence-corrected chi connectivity index (χ1v) is 8.09. The zero-order chi connectivity index (χ0) is 18.1. The van der Waals surface area contributed by atoms with E-state index < -0.39 is 0 Å². The van der Waals surface area contributed by atoms with Crippen molar-refractivity contribution < 1.29 is 9.26 Å². The minimum Gasteiger partial charge on any atom is -0.497 e. The Labute approximate surface area is 148 Å². The van der Waals surface area contributed by atoms with Gasteiger partial charge in [-0.05, 0) is 37.3 Å². The maximum Gasteiger partial charge on any atom is 0.261 e. The third-order valence-corrected chi connectivity index (χ3v) is 4.14. The lowest BCUT2D eigenvalue weighted by atomic mass is 10.2. The molecule has 2 heterocycles. The van der Waals surface area contributed by atoms with Crippen LogP contribution >= 0.6 is 0 Å². The van der Waals surface area contributed by atoms with Crippen LogP contribution < -0.4 is 10.3 Å². The predicted molar refractivity (Wildman–Crippen MR) is 96.1 cm³/mol. The number of nitrogens with zero attached hydrogens (tertiary/aromatic N) is 4. The molecular formula is C19H16N4O3. The molecule has 0 bridgehead atoms. The zero-order valence-electron chi connectivity index (χ0n) is 14.3. The van der Waals surface area contributed by atoms with Crippen LogP contribution in [0.15, 0.2) is 57.8 Å². The molecule has 0 radical (unpaired) electrons. The molecule has 0 aliphatic carbocycles. The highest BCUT2D eigenvalue weighted by Gasteiger charge is 2.13. The number of aromatic nitrogens is 4. The van der Waals surface area contributed by atoms with E-state index in [-0.39, 0.29) is 12.1 Å². The lowest BCUT2D eigenvalue weighted by molar-refractivity contribution is 0.411. The molecule has 0 unspecified atom stereocenters. The number of rotatable bonds is 4. The summed E-state index contributed by atoms with van der Waals surface area (Å²) in [5, 5.41) is 4.56. The van der Waals surface area contributed by atoms with E-state index in [0.29, 0.717) is 34.2 Å². The van der Waals surface area contributed by atoms with E-state index in [2.05, 4.69) is 15.1 Å². The second kappa shape index (κ2) is 6.44. The summed E-state index contributed by atoms with van der Waals surface area (Å²) in [6.07, 6.45) is 0. The summed E-state index contributed by atoms with van der Waals surface area (Å²) in [5.74, 6) is 2.08. The molecule has 0 spiro atoms. The molecule has 4 rings (SSSR count). The molecule has 0 aliphatic rings. The minimum atomic E-state index is -0.124. The van der Waals surface area contributed by atoms with Crippen LogP contribution in [-0.2, 0) is 6.54 Å². The highest BCUT2D eigenvalue weighted by molar-refractivity contribution is 5.77. The Kier molecular flexibility index (Phi) is 3.96. The van der Waals surface area contributed by atoms with Gasteiger partial charge in [0.2, 0.25) is 0 Å². The molecule has 4 aromatic rings. The number of aryl methyl sites for hydroxylation is 1. The summed E-state index contributed by atoms with van der Waals surface area (Å²) >= 11 is 0. The summed E-state index contributed by atoms with van der Waals surface area (Å²) < 4.78 is 12.1. The van der Waals surface area contributed by atoms with Crippen LogP contribution in [0.25, 0.3) is 22.4 Å². The van der Waals surface area contributed by atoms with Gasteiger partial charge in [-0.2, -0.15) is 4.98 Å². The summed E-state index contributed by atoms with van der Waals surface area (Å²) in [4.78, 5) is 21.6. The van der Waals surface area contributed by atoms with E-state index >= 15 is 0 Å². The zero-order valence-corrected chi connectivity index (χ0v) is 14.3. The molecule has 7 heteroatoms. The van der Waals surface area contributed by atoms with Gasteiger partial charge in [0.25, 0.3) is 11.4 Å². The Bertz CT molecular complexity index is 1150. The van der Waals surface area contributed by atoms with Gasteiger partial charge in [-0.1, -0.05) is 23.4 Å². The first-order chi connectivity index (χ1) is 12.7. The maximum absolute atomic E-state index is 12.7. The molecule has 2 aromatic heterocycles. The van der Waals surface area contributed by atoms with Crippen LogP contribution in [0.5, 0.6) is 5.75 Å². The Morgan fingerprint density at radius 2 is 1.96 bits per heavy atom. The largest absolute Gasteiger partial charge is 0.497 e. The Balaban J connectivity index is 1.70. The Morgan fingerprint density at radius 3 is 2.81 bits per heavy atom. The van der Waals surface area contributed by atoms with Crippen LogP contribution in [0.3, 0.4) is 0 Å². The summed E-state index contributed by atoms with van der Waals surface area (Å²) in [7, 11) is 1.60. The molecule has 0 aliphatic heterocycles. The minimum absolute atomic E-state index is 0.124. The standard InChI is InChI=1S/C19H16N4O3/c1-12-20-16-9-4-3-8-15(16)19(24)23(12)11-17-21-18(26-22-17)13-6-5-7-14(10-13)25-2/h3-10H,11H2,1-2H3. The van der Waals surface area contributed by atoms with Gasteiger partial charge < -0.3 is 9.26 Å². The summed E-state index contributed by atoms with van der Waals surface area (Å²) in [6.45, 7) is 1.98. The molecule has 0 N–H and O–H groups in total. The van der Waals surface area contributed by atoms with Crippen molar-refractivity contribution in [2.45, 2.75) is 13.5 Å². The molecule has 0 amide bonds. The Hall–Kier alpha value is -3.48. The number of benzene rings is 2. The van der Waals surface area contributed by atoms with Gasteiger partial charge >= 0.3 is 0 Å². The summed E-state index contributed by atoms with van der Waals surface area (Å²) in [6, 6.07) is 14.6. The molecule has 7 nitrogen and oxygen atoms in total. The number of para-hydroxylation sites is 1. The second-order valence-electron chi connectivity index (χ2n) is 5.82. The third kappa shape index (κ3) is 2.83. The number of hydrogen-bond donors (Lipinski definition) is 0. The topological polar surface area (TPSA) is 83.0 Å². The van der Waals surface area contributed by atoms with Gasteiger partial charge in [0.1, 0.15) is 11.6 Å². The Morgan fingerprint density at radius 1 is 1.12 bits per heavy atom. The van der Waals surface area contributed by atoms with Crippen LogP contribution in [-0.4, -0.2) is 26.8 Å². The van der Waals surface area contributed by atoms with E-state index in [4.69, 9.17) is 9.26 Å². The molecule has 0 saturated heterocycles. The first kappa shape index (κ1) is 16.0. The average Bonchev–Trinajstić information content (AvgIpc) is 3.14. The molecular weight excluding hydrogens is 332 g/mol.